The molecule has 0 fully saturated rings. The Kier molecular flexibility index (Phi) is 19.7. The number of carbonyl (C=O) groups excluding carboxylic acids is 1. The van der Waals surface area contributed by atoms with E-state index in [-0.39, 0.29) is 12.0 Å². The van der Waals surface area contributed by atoms with Crippen molar-refractivity contribution < 1.29 is 33.2 Å². The molecule has 1 aromatic heterocycles. The van der Waals surface area contributed by atoms with Gasteiger partial charge in [-0.2, -0.15) is 0 Å². The van der Waals surface area contributed by atoms with E-state index in [4.69, 9.17) is 28.4 Å². The Balaban J connectivity index is 1.83. The van der Waals surface area contributed by atoms with Crippen molar-refractivity contribution in [3.63, 3.8) is 0 Å². The van der Waals surface area contributed by atoms with E-state index in [0.29, 0.717) is 84.9 Å². The number of unbranched alkanes of at least 4 members (excludes halogenated alkanes) is 2. The van der Waals surface area contributed by atoms with Crippen LogP contribution < -0.4 is 0 Å². The molecule has 35 heavy (non-hydrogen) atoms. The highest BCUT2D eigenvalue weighted by molar-refractivity contribution is 5.80. The van der Waals surface area contributed by atoms with Gasteiger partial charge in [-0.15, -0.1) is 5.10 Å². The molecule has 204 valence electrons. The molecule has 0 amide bonds. The molecule has 0 aliphatic carbocycles. The van der Waals surface area contributed by atoms with Gasteiger partial charge in [-0.05, 0) is 26.7 Å². The van der Waals surface area contributed by atoms with Crippen molar-refractivity contribution in [1.82, 2.24) is 15.0 Å². The molecule has 0 unspecified atom stereocenters. The van der Waals surface area contributed by atoms with E-state index >= 15 is 0 Å². The highest BCUT2D eigenvalue weighted by Gasteiger charge is 2.06. The zero-order valence-corrected chi connectivity index (χ0v) is 22.2. The number of Topliss-reactive ketones (excluding diaryl/α,β-unsaturated/α-hetero) is 1. The molecule has 0 aromatic carbocycles. The second-order valence-corrected chi connectivity index (χ2v) is 8.83. The number of hydrogen-bond donors (Lipinski definition) is 0. The third-order valence-corrected chi connectivity index (χ3v) is 4.96. The van der Waals surface area contributed by atoms with Crippen LogP contribution >= 0.6 is 0 Å². The maximum absolute atomic E-state index is 11.6. The molecule has 0 bridgehead atoms. The normalized spacial score (nSPS) is 11.7. The number of rotatable bonds is 25. The molecular weight excluding hydrogens is 454 g/mol. The number of nitrogens with zero attached hydrogens (tertiary/aromatic N) is 3. The molecule has 1 aromatic rings. The Hall–Kier alpha value is -1.43. The largest absolute Gasteiger partial charge is 0.377 e. The minimum atomic E-state index is 0.133. The molecule has 1 heterocycles. The molecule has 0 aliphatic rings. The Morgan fingerprint density at radius 2 is 1.31 bits per heavy atom. The second kappa shape index (κ2) is 21.8. The summed E-state index contributed by atoms with van der Waals surface area (Å²) in [5.41, 5.74) is 0.803. The molecule has 0 saturated heterocycles. The van der Waals surface area contributed by atoms with Gasteiger partial charge in [0.05, 0.1) is 85.0 Å². The molecule has 0 atom stereocenters. The Morgan fingerprint density at radius 3 is 1.86 bits per heavy atom. The maximum atomic E-state index is 11.6. The van der Waals surface area contributed by atoms with Crippen LogP contribution in [-0.4, -0.2) is 92.9 Å². The summed E-state index contributed by atoms with van der Waals surface area (Å²) < 4.78 is 34.6. The van der Waals surface area contributed by atoms with Gasteiger partial charge >= 0.3 is 0 Å². The van der Waals surface area contributed by atoms with Crippen molar-refractivity contribution in [2.45, 2.75) is 72.6 Å². The van der Waals surface area contributed by atoms with Gasteiger partial charge in [-0.1, -0.05) is 25.5 Å². The first-order valence-electron chi connectivity index (χ1n) is 12.9. The van der Waals surface area contributed by atoms with E-state index in [1.165, 1.54) is 0 Å². The van der Waals surface area contributed by atoms with Gasteiger partial charge in [0.1, 0.15) is 11.5 Å². The number of aryl methyl sites for hydroxylation is 1. The van der Waals surface area contributed by atoms with Crippen LogP contribution in [-0.2, 0) is 46.4 Å². The lowest BCUT2D eigenvalue weighted by Crippen LogP contribution is -2.14. The van der Waals surface area contributed by atoms with Crippen LogP contribution in [0.4, 0.5) is 0 Å². The molecular formula is C25H47N3O7. The lowest BCUT2D eigenvalue weighted by Gasteiger charge is -2.09. The van der Waals surface area contributed by atoms with Crippen LogP contribution in [0.5, 0.6) is 0 Å². The number of ether oxygens (including phenoxy) is 6. The van der Waals surface area contributed by atoms with Crippen LogP contribution in [0.25, 0.3) is 0 Å². The molecule has 0 radical (unpaired) electrons. The highest BCUT2D eigenvalue weighted by atomic mass is 16.6. The quantitative estimate of drug-likeness (QED) is 0.187. The number of ketones is 1. The molecule has 0 aliphatic heterocycles. The summed E-state index contributed by atoms with van der Waals surface area (Å²) in [7, 11) is 0. The molecule has 10 nitrogen and oxygen atoms in total. The van der Waals surface area contributed by atoms with Crippen molar-refractivity contribution in [2.24, 2.45) is 5.92 Å². The van der Waals surface area contributed by atoms with Crippen molar-refractivity contribution in [2.75, 3.05) is 66.1 Å². The number of aromatic nitrogens is 3. The Bertz CT molecular complexity index is 626. The molecule has 1 rings (SSSR count). The lowest BCUT2D eigenvalue weighted by molar-refractivity contribution is -0.122. The van der Waals surface area contributed by atoms with Gasteiger partial charge < -0.3 is 28.4 Å². The van der Waals surface area contributed by atoms with Crippen LogP contribution in [0.2, 0.25) is 0 Å². The summed E-state index contributed by atoms with van der Waals surface area (Å²) in [5, 5.41) is 8.25. The van der Waals surface area contributed by atoms with E-state index in [1.807, 2.05) is 38.6 Å². The third-order valence-electron chi connectivity index (χ3n) is 4.96. The fourth-order valence-corrected chi connectivity index (χ4v) is 2.95. The number of hydrogen-bond acceptors (Lipinski definition) is 9. The predicted octanol–water partition coefficient (Wildman–Crippen LogP) is 3.07. The van der Waals surface area contributed by atoms with Crippen molar-refractivity contribution in [3.8, 4) is 0 Å². The summed E-state index contributed by atoms with van der Waals surface area (Å²) in [6.45, 7) is 14.5. The van der Waals surface area contributed by atoms with Gasteiger partial charge in [0.15, 0.2) is 0 Å². The number of carbonyl (C=O) groups is 1. The Morgan fingerprint density at radius 1 is 0.771 bits per heavy atom. The van der Waals surface area contributed by atoms with E-state index < -0.39 is 0 Å². The zero-order valence-electron chi connectivity index (χ0n) is 22.2. The first-order valence-corrected chi connectivity index (χ1v) is 12.9. The fourth-order valence-electron chi connectivity index (χ4n) is 2.95. The van der Waals surface area contributed by atoms with E-state index in [9.17, 15) is 4.79 Å². The first kappa shape index (κ1) is 31.6. The van der Waals surface area contributed by atoms with Gasteiger partial charge in [-0.25, -0.2) is 0 Å². The highest BCUT2D eigenvalue weighted by Crippen LogP contribution is 2.07. The average Bonchev–Trinajstić information content (AvgIpc) is 3.28. The zero-order chi connectivity index (χ0) is 25.6. The van der Waals surface area contributed by atoms with Crippen molar-refractivity contribution >= 4 is 5.78 Å². The van der Waals surface area contributed by atoms with Crippen molar-refractivity contribution in [1.29, 1.82) is 0 Å². The average molecular weight is 502 g/mol. The first-order chi connectivity index (χ1) is 17.0. The molecule has 10 heteroatoms. The van der Waals surface area contributed by atoms with Crippen LogP contribution in [0.1, 0.15) is 59.1 Å². The summed E-state index contributed by atoms with van der Waals surface area (Å²) in [5.74, 6) is 0.474. The molecule has 0 N–H and O–H groups in total. The minimum Gasteiger partial charge on any atom is -0.377 e. The van der Waals surface area contributed by atoms with Crippen molar-refractivity contribution in [3.05, 3.63) is 11.9 Å². The standard InChI is InChI=1S/C25H47N3O7/c1-22(2)25(29)8-6-5-7-9-28-20-24(26-27-28)21-34-17-16-32-13-12-30-10-11-31-14-15-33-18-19-35-23(3)4/h20,22-23H,5-19,21H2,1-4H3. The van der Waals surface area contributed by atoms with E-state index in [0.717, 1.165) is 31.5 Å². The smallest absolute Gasteiger partial charge is 0.135 e. The lowest BCUT2D eigenvalue weighted by atomic mass is 10.0. The SMILES string of the molecule is CC(C)OCCOCCOCCOCCOCCOCc1cn(CCCCCC(=O)C(C)C)nn1. The van der Waals surface area contributed by atoms with Crippen LogP contribution in [0, 0.1) is 5.92 Å². The fraction of sp³-hybridized carbons (Fsp3) is 0.880. The van der Waals surface area contributed by atoms with Gasteiger partial charge in [0.2, 0.25) is 0 Å². The van der Waals surface area contributed by atoms with E-state index in [1.54, 1.807) is 0 Å². The summed E-state index contributed by atoms with van der Waals surface area (Å²) in [4.78, 5) is 11.6. The van der Waals surface area contributed by atoms with Gasteiger partial charge in [-0.3, -0.25) is 9.48 Å². The predicted molar refractivity (Wildman–Crippen MR) is 132 cm³/mol. The maximum Gasteiger partial charge on any atom is 0.135 e. The summed E-state index contributed by atoms with van der Waals surface area (Å²) >= 11 is 0. The second-order valence-electron chi connectivity index (χ2n) is 8.83. The van der Waals surface area contributed by atoms with Gasteiger partial charge in [0, 0.05) is 18.9 Å². The summed E-state index contributed by atoms with van der Waals surface area (Å²) in [6.07, 6.45) is 5.75. The molecule has 0 saturated carbocycles. The summed E-state index contributed by atoms with van der Waals surface area (Å²) in [6, 6.07) is 0. The van der Waals surface area contributed by atoms with Crippen LogP contribution in [0.15, 0.2) is 6.20 Å². The topological polar surface area (TPSA) is 103 Å². The monoisotopic (exact) mass is 501 g/mol. The molecule has 0 spiro atoms. The van der Waals surface area contributed by atoms with Gasteiger partial charge in [0.25, 0.3) is 0 Å². The third kappa shape index (κ3) is 19.4. The van der Waals surface area contributed by atoms with Crippen LogP contribution in [0.3, 0.4) is 0 Å². The van der Waals surface area contributed by atoms with E-state index in [2.05, 4.69) is 10.3 Å². The minimum absolute atomic E-state index is 0.133. The Labute approximate surface area is 210 Å².